The monoisotopic (exact) mass is 320 g/mol. The van der Waals surface area contributed by atoms with Crippen LogP contribution >= 0.6 is 0 Å². The molecule has 0 radical (unpaired) electrons. The molecule has 0 amide bonds. The summed E-state index contributed by atoms with van der Waals surface area (Å²) in [5.41, 5.74) is 18.6. The van der Waals surface area contributed by atoms with Crippen LogP contribution < -0.4 is 22.1 Å². The highest BCUT2D eigenvalue weighted by Gasteiger charge is 2.43. The number of anilines is 1. The Morgan fingerprint density at radius 1 is 1.39 bits per heavy atom. The molecule has 0 aromatic heterocycles. The molecule has 2 unspecified atom stereocenters. The number of rotatable bonds is 5. The molecule has 0 aliphatic carbocycles. The molecule has 1 saturated heterocycles. The van der Waals surface area contributed by atoms with Gasteiger partial charge in [0.2, 0.25) is 0 Å². The number of methoxy groups -OCH3 is 1. The van der Waals surface area contributed by atoms with Gasteiger partial charge in [0.15, 0.2) is 5.54 Å². The molecule has 1 aliphatic rings. The number of esters is 1. The highest BCUT2D eigenvalue weighted by atomic mass is 16.5. The average Bonchev–Trinajstić information content (AvgIpc) is 2.60. The van der Waals surface area contributed by atoms with Gasteiger partial charge in [-0.25, -0.2) is 4.79 Å². The van der Waals surface area contributed by atoms with Gasteiger partial charge in [0, 0.05) is 30.4 Å². The first-order valence-electron chi connectivity index (χ1n) is 8.12. The van der Waals surface area contributed by atoms with Crippen LogP contribution in [0.4, 0.5) is 5.69 Å². The molecule has 0 bridgehead atoms. The number of piperidine rings is 1. The maximum atomic E-state index is 12.3. The number of nitrogens with zero attached hydrogens (tertiary/aromatic N) is 1. The van der Waals surface area contributed by atoms with Crippen molar-refractivity contribution in [3.05, 3.63) is 29.8 Å². The fourth-order valence-corrected chi connectivity index (χ4v) is 3.22. The zero-order valence-electron chi connectivity index (χ0n) is 14.0. The lowest BCUT2D eigenvalue weighted by molar-refractivity contribution is -0.148. The van der Waals surface area contributed by atoms with Gasteiger partial charge in [0.1, 0.15) is 0 Å². The van der Waals surface area contributed by atoms with Gasteiger partial charge in [0.05, 0.1) is 7.11 Å². The standard InChI is InChI=1S/C17H28N4O2/c1-12(19)17(20,16(22)23-2)14-5-3-4-6-15(14)21-9-7-13(11-18)8-10-21/h3-6,12-13H,7-11,18-20H2,1-2H3. The molecular weight excluding hydrogens is 292 g/mol. The Morgan fingerprint density at radius 3 is 2.52 bits per heavy atom. The van der Waals surface area contributed by atoms with Crippen molar-refractivity contribution in [1.82, 2.24) is 0 Å². The smallest absolute Gasteiger partial charge is 0.332 e. The first-order chi connectivity index (χ1) is 10.9. The molecule has 23 heavy (non-hydrogen) atoms. The van der Waals surface area contributed by atoms with Crippen molar-refractivity contribution in [3.63, 3.8) is 0 Å². The van der Waals surface area contributed by atoms with E-state index in [9.17, 15) is 4.79 Å². The molecule has 0 spiro atoms. The van der Waals surface area contributed by atoms with Crippen LogP contribution in [0.2, 0.25) is 0 Å². The van der Waals surface area contributed by atoms with Crippen LogP contribution in [0.15, 0.2) is 24.3 Å². The van der Waals surface area contributed by atoms with Gasteiger partial charge >= 0.3 is 5.97 Å². The van der Waals surface area contributed by atoms with Crippen LogP contribution in [0, 0.1) is 5.92 Å². The minimum absolute atomic E-state index is 0.517. The van der Waals surface area contributed by atoms with E-state index >= 15 is 0 Å². The van der Waals surface area contributed by atoms with Crippen molar-refractivity contribution in [2.45, 2.75) is 31.3 Å². The molecule has 2 atom stereocenters. The zero-order valence-corrected chi connectivity index (χ0v) is 14.0. The predicted octanol–water partition coefficient (Wildman–Crippen LogP) is 0.536. The Bertz CT molecular complexity index is 541. The lowest BCUT2D eigenvalue weighted by Crippen LogP contribution is -2.58. The Balaban J connectivity index is 2.39. The van der Waals surface area contributed by atoms with Crippen LogP contribution in [0.25, 0.3) is 0 Å². The molecule has 1 aromatic carbocycles. The predicted molar refractivity (Wildman–Crippen MR) is 92.0 cm³/mol. The van der Waals surface area contributed by atoms with Crippen molar-refractivity contribution < 1.29 is 9.53 Å². The number of carbonyl (C=O) groups excluding carboxylic acids is 1. The molecule has 1 heterocycles. The highest BCUT2D eigenvalue weighted by molar-refractivity contribution is 5.86. The third-order valence-electron chi connectivity index (χ3n) is 4.88. The Hall–Kier alpha value is -1.63. The van der Waals surface area contributed by atoms with Crippen molar-refractivity contribution in [2.24, 2.45) is 23.1 Å². The van der Waals surface area contributed by atoms with Gasteiger partial charge in [-0.15, -0.1) is 0 Å². The molecule has 1 fully saturated rings. The molecule has 2 rings (SSSR count). The van der Waals surface area contributed by atoms with Crippen LogP contribution in [0.5, 0.6) is 0 Å². The second-order valence-corrected chi connectivity index (χ2v) is 6.33. The Kier molecular flexibility index (Phi) is 5.62. The van der Waals surface area contributed by atoms with Crippen molar-refractivity contribution in [1.29, 1.82) is 0 Å². The van der Waals surface area contributed by atoms with E-state index in [0.29, 0.717) is 11.5 Å². The molecule has 128 valence electrons. The van der Waals surface area contributed by atoms with E-state index in [1.807, 2.05) is 24.3 Å². The maximum absolute atomic E-state index is 12.3. The molecule has 6 N–H and O–H groups in total. The van der Waals surface area contributed by atoms with Crippen LogP contribution in [0.3, 0.4) is 0 Å². The quantitative estimate of drug-likeness (QED) is 0.683. The fourth-order valence-electron chi connectivity index (χ4n) is 3.22. The summed E-state index contributed by atoms with van der Waals surface area (Å²) in [5.74, 6) is 0.0480. The van der Waals surface area contributed by atoms with Gasteiger partial charge in [-0.3, -0.25) is 0 Å². The number of hydrogen-bond donors (Lipinski definition) is 3. The lowest BCUT2D eigenvalue weighted by atomic mass is 9.83. The van der Waals surface area contributed by atoms with E-state index in [1.165, 1.54) is 7.11 Å². The number of hydrogen-bond acceptors (Lipinski definition) is 6. The largest absolute Gasteiger partial charge is 0.467 e. The molecule has 6 nitrogen and oxygen atoms in total. The third kappa shape index (κ3) is 3.34. The highest BCUT2D eigenvalue weighted by Crippen LogP contribution is 2.34. The number of para-hydroxylation sites is 1. The third-order valence-corrected chi connectivity index (χ3v) is 4.88. The van der Waals surface area contributed by atoms with Gasteiger partial charge in [0.25, 0.3) is 0 Å². The molecule has 1 aliphatic heterocycles. The minimum atomic E-state index is -1.37. The number of carbonyl (C=O) groups is 1. The van der Waals surface area contributed by atoms with Gasteiger partial charge in [-0.1, -0.05) is 18.2 Å². The van der Waals surface area contributed by atoms with E-state index in [2.05, 4.69) is 4.90 Å². The number of benzene rings is 1. The summed E-state index contributed by atoms with van der Waals surface area (Å²) in [6, 6.07) is 7.11. The van der Waals surface area contributed by atoms with E-state index in [-0.39, 0.29) is 0 Å². The van der Waals surface area contributed by atoms with Crippen LogP contribution in [-0.2, 0) is 15.1 Å². The van der Waals surface area contributed by atoms with Crippen molar-refractivity contribution >= 4 is 11.7 Å². The first-order valence-corrected chi connectivity index (χ1v) is 8.12. The second kappa shape index (κ2) is 7.29. The van der Waals surface area contributed by atoms with Gasteiger partial charge in [-0.05, 0) is 38.3 Å². The SMILES string of the molecule is COC(=O)C(N)(c1ccccc1N1CCC(CN)CC1)C(C)N. The summed E-state index contributed by atoms with van der Waals surface area (Å²) < 4.78 is 4.93. The van der Waals surface area contributed by atoms with Crippen molar-refractivity contribution in [3.8, 4) is 0 Å². The first kappa shape index (κ1) is 17.7. The van der Waals surface area contributed by atoms with E-state index in [4.69, 9.17) is 21.9 Å². The fraction of sp³-hybridized carbons (Fsp3) is 0.588. The Morgan fingerprint density at radius 2 is 2.00 bits per heavy atom. The van der Waals surface area contributed by atoms with Crippen LogP contribution in [-0.4, -0.2) is 38.8 Å². The van der Waals surface area contributed by atoms with Gasteiger partial charge in [-0.2, -0.15) is 0 Å². The van der Waals surface area contributed by atoms with Gasteiger partial charge < -0.3 is 26.8 Å². The normalized spacial score (nSPS) is 20.0. The maximum Gasteiger partial charge on any atom is 0.332 e. The van der Waals surface area contributed by atoms with Crippen molar-refractivity contribution in [2.75, 3.05) is 31.6 Å². The van der Waals surface area contributed by atoms with E-state index < -0.39 is 17.6 Å². The second-order valence-electron chi connectivity index (χ2n) is 6.33. The summed E-state index contributed by atoms with van der Waals surface area (Å²) in [4.78, 5) is 14.6. The summed E-state index contributed by atoms with van der Waals surface area (Å²) >= 11 is 0. The average molecular weight is 320 g/mol. The molecule has 0 saturated carbocycles. The number of nitrogens with two attached hydrogens (primary N) is 3. The molecule has 1 aromatic rings. The summed E-state index contributed by atoms with van der Waals surface area (Å²) in [7, 11) is 1.33. The summed E-state index contributed by atoms with van der Waals surface area (Å²) in [6.45, 7) is 4.25. The molecule has 6 heteroatoms. The van der Waals surface area contributed by atoms with E-state index in [0.717, 1.165) is 38.2 Å². The Labute approximate surface area is 137 Å². The lowest BCUT2D eigenvalue weighted by Gasteiger charge is -2.38. The summed E-state index contributed by atoms with van der Waals surface area (Å²) in [6.07, 6.45) is 2.08. The minimum Gasteiger partial charge on any atom is -0.467 e. The van der Waals surface area contributed by atoms with Crippen LogP contribution in [0.1, 0.15) is 25.3 Å². The van der Waals surface area contributed by atoms with E-state index in [1.54, 1.807) is 6.92 Å². The summed E-state index contributed by atoms with van der Waals surface area (Å²) in [5, 5.41) is 0. The number of ether oxygens (including phenoxy) is 1. The zero-order chi connectivity index (χ0) is 17.0. The topological polar surface area (TPSA) is 108 Å². The molecular formula is C17H28N4O2.